The lowest BCUT2D eigenvalue weighted by Crippen LogP contribution is -2.39. The maximum absolute atomic E-state index is 12.4. The molecule has 1 aromatic rings. The molecule has 2 aliphatic heterocycles. The van der Waals surface area contributed by atoms with Gasteiger partial charge in [0.15, 0.2) is 0 Å². The predicted octanol–water partition coefficient (Wildman–Crippen LogP) is -1.16. The minimum absolute atomic E-state index is 0.0721. The Labute approximate surface area is 135 Å². The van der Waals surface area contributed by atoms with E-state index in [4.69, 9.17) is 4.84 Å². The van der Waals surface area contributed by atoms with Crippen molar-refractivity contribution >= 4 is 5.91 Å². The largest absolute Gasteiger partial charge is 0.390 e. The summed E-state index contributed by atoms with van der Waals surface area (Å²) in [5.74, 6) is 0.0721. The molecule has 3 rings (SSSR count). The van der Waals surface area contributed by atoms with Gasteiger partial charge in [0.05, 0.1) is 24.6 Å². The third-order valence-electron chi connectivity index (χ3n) is 4.19. The molecule has 9 heteroatoms. The van der Waals surface area contributed by atoms with Crippen LogP contribution in [0.1, 0.15) is 18.5 Å². The Morgan fingerprint density at radius 3 is 3.04 bits per heavy atom. The zero-order valence-electron chi connectivity index (χ0n) is 13.2. The highest BCUT2D eigenvalue weighted by Crippen LogP contribution is 2.10. The van der Waals surface area contributed by atoms with E-state index < -0.39 is 6.10 Å². The molecule has 0 saturated carbocycles. The van der Waals surface area contributed by atoms with Crippen LogP contribution in [0.25, 0.3) is 0 Å². The summed E-state index contributed by atoms with van der Waals surface area (Å²) in [6.45, 7) is 5.13. The zero-order chi connectivity index (χ0) is 16.1. The van der Waals surface area contributed by atoms with Crippen LogP contribution in [-0.2, 0) is 16.2 Å². The summed E-state index contributed by atoms with van der Waals surface area (Å²) in [5, 5.41) is 22.4. The lowest BCUT2D eigenvalue weighted by Gasteiger charge is -2.23. The van der Waals surface area contributed by atoms with E-state index in [0.29, 0.717) is 39.1 Å². The number of β-amino-alcohol motifs (C(OH)–C–C–N with tert-alkyl or cyclic N) is 1. The molecule has 1 atom stereocenters. The van der Waals surface area contributed by atoms with Gasteiger partial charge in [-0.1, -0.05) is 0 Å². The number of rotatable bonds is 5. The number of hydrogen-bond donors (Lipinski definition) is 2. The molecule has 0 spiro atoms. The fraction of sp³-hybridized carbons (Fsp3) is 0.786. The third-order valence-corrected chi connectivity index (χ3v) is 4.19. The van der Waals surface area contributed by atoms with Crippen LogP contribution in [0, 0.1) is 0 Å². The van der Waals surface area contributed by atoms with Gasteiger partial charge in [-0.15, -0.1) is 0 Å². The number of aromatic amines is 1. The summed E-state index contributed by atoms with van der Waals surface area (Å²) in [6, 6.07) is 0. The maximum atomic E-state index is 12.4. The molecule has 23 heavy (non-hydrogen) atoms. The van der Waals surface area contributed by atoms with E-state index in [2.05, 4.69) is 20.3 Å². The molecule has 128 valence electrons. The highest BCUT2D eigenvalue weighted by molar-refractivity contribution is 5.76. The highest BCUT2D eigenvalue weighted by Gasteiger charge is 2.25. The minimum atomic E-state index is -0.545. The van der Waals surface area contributed by atoms with Crippen LogP contribution in [0.15, 0.2) is 6.20 Å². The summed E-state index contributed by atoms with van der Waals surface area (Å²) in [7, 11) is 0. The normalized spacial score (nSPS) is 24.0. The Morgan fingerprint density at radius 2 is 2.30 bits per heavy atom. The third kappa shape index (κ3) is 4.71. The Morgan fingerprint density at radius 1 is 1.39 bits per heavy atom. The van der Waals surface area contributed by atoms with Gasteiger partial charge in [0, 0.05) is 52.2 Å². The van der Waals surface area contributed by atoms with Gasteiger partial charge in [0.2, 0.25) is 5.91 Å². The van der Waals surface area contributed by atoms with E-state index in [1.54, 1.807) is 11.1 Å². The van der Waals surface area contributed by atoms with Gasteiger partial charge in [-0.3, -0.25) is 14.5 Å². The molecule has 2 aliphatic rings. The second kappa shape index (κ2) is 7.82. The number of aromatic nitrogens is 3. The van der Waals surface area contributed by atoms with Crippen molar-refractivity contribution in [3.63, 3.8) is 0 Å². The number of hydroxylamine groups is 2. The van der Waals surface area contributed by atoms with Gasteiger partial charge in [-0.05, 0) is 6.42 Å². The van der Waals surface area contributed by atoms with Crippen LogP contribution in [0.3, 0.4) is 0 Å². The van der Waals surface area contributed by atoms with E-state index in [9.17, 15) is 9.90 Å². The monoisotopic (exact) mass is 324 g/mol. The molecular weight excluding hydrogens is 300 g/mol. The number of aliphatic hydroxyl groups excluding tert-OH is 1. The quantitative estimate of drug-likeness (QED) is 0.705. The van der Waals surface area contributed by atoms with E-state index in [1.807, 2.05) is 5.06 Å². The number of nitrogens with one attached hydrogen (secondary N) is 1. The number of hydrogen-bond acceptors (Lipinski definition) is 7. The molecule has 2 N–H and O–H groups in total. The highest BCUT2D eigenvalue weighted by atomic mass is 16.7. The van der Waals surface area contributed by atoms with Crippen LogP contribution in [-0.4, -0.2) is 93.3 Å². The van der Waals surface area contributed by atoms with Crippen molar-refractivity contribution in [3.05, 3.63) is 11.9 Å². The van der Waals surface area contributed by atoms with Crippen LogP contribution < -0.4 is 0 Å². The van der Waals surface area contributed by atoms with Crippen LogP contribution >= 0.6 is 0 Å². The molecule has 0 bridgehead atoms. The average molecular weight is 324 g/mol. The van der Waals surface area contributed by atoms with E-state index in [1.165, 1.54) is 0 Å². The average Bonchev–Trinajstić information content (AvgIpc) is 3.19. The van der Waals surface area contributed by atoms with Crippen molar-refractivity contribution < 1.29 is 14.7 Å². The first-order chi connectivity index (χ1) is 11.2. The van der Waals surface area contributed by atoms with E-state index >= 15 is 0 Å². The van der Waals surface area contributed by atoms with Crippen LogP contribution in [0.4, 0.5) is 0 Å². The van der Waals surface area contributed by atoms with Crippen molar-refractivity contribution in [3.8, 4) is 0 Å². The Hall–Kier alpha value is -1.55. The molecule has 1 aromatic heterocycles. The van der Waals surface area contributed by atoms with Gasteiger partial charge in [-0.2, -0.15) is 20.5 Å². The summed E-state index contributed by atoms with van der Waals surface area (Å²) in [5.41, 5.74) is 0.836. The minimum Gasteiger partial charge on any atom is -0.390 e. The SMILES string of the molecule is O=C(CCN1CCCO1)N1CCN(Cc2cn[nH]n2)C[C@@H](O)C1. The standard InChI is InChI=1S/C14H24N6O3/c21-13-10-18(9-12-8-15-17-16-12)5-6-19(11-13)14(22)2-4-20-3-1-7-23-20/h8,13,21H,1-7,9-11H2,(H,15,16,17)/t13-/m1/s1. The molecule has 0 aromatic carbocycles. The Bertz CT molecular complexity index is 491. The van der Waals surface area contributed by atoms with Crippen LogP contribution in [0.2, 0.25) is 0 Å². The van der Waals surface area contributed by atoms with E-state index in [0.717, 1.165) is 31.8 Å². The Kier molecular flexibility index (Phi) is 5.55. The molecule has 9 nitrogen and oxygen atoms in total. The van der Waals surface area contributed by atoms with Crippen molar-refractivity contribution in [2.24, 2.45) is 0 Å². The van der Waals surface area contributed by atoms with Gasteiger partial charge >= 0.3 is 0 Å². The summed E-state index contributed by atoms with van der Waals surface area (Å²) in [6.07, 6.45) is 2.58. The predicted molar refractivity (Wildman–Crippen MR) is 81.0 cm³/mol. The second-order valence-corrected chi connectivity index (χ2v) is 6.06. The van der Waals surface area contributed by atoms with Crippen LogP contribution in [0.5, 0.6) is 0 Å². The number of carbonyl (C=O) groups is 1. The summed E-state index contributed by atoms with van der Waals surface area (Å²) >= 11 is 0. The zero-order valence-corrected chi connectivity index (χ0v) is 13.2. The van der Waals surface area contributed by atoms with Gasteiger partial charge in [0.25, 0.3) is 0 Å². The summed E-state index contributed by atoms with van der Waals surface area (Å²) < 4.78 is 0. The molecule has 1 amide bonds. The van der Waals surface area contributed by atoms with Crippen molar-refractivity contribution in [1.29, 1.82) is 0 Å². The molecule has 0 aliphatic carbocycles. The molecule has 0 radical (unpaired) electrons. The number of H-pyrrole nitrogens is 1. The molecule has 3 heterocycles. The fourth-order valence-corrected chi connectivity index (χ4v) is 3.01. The molecule has 2 saturated heterocycles. The number of amides is 1. The fourth-order valence-electron chi connectivity index (χ4n) is 3.01. The Balaban J connectivity index is 1.47. The maximum Gasteiger partial charge on any atom is 0.224 e. The number of carbonyl (C=O) groups excluding carboxylic acids is 1. The van der Waals surface area contributed by atoms with Gasteiger partial charge < -0.3 is 10.0 Å². The number of aliphatic hydroxyl groups is 1. The van der Waals surface area contributed by atoms with Crippen molar-refractivity contribution in [2.45, 2.75) is 25.5 Å². The lowest BCUT2D eigenvalue weighted by molar-refractivity contribution is -0.139. The summed E-state index contributed by atoms with van der Waals surface area (Å²) in [4.78, 5) is 21.6. The van der Waals surface area contributed by atoms with E-state index in [-0.39, 0.29) is 5.91 Å². The molecule has 0 unspecified atom stereocenters. The van der Waals surface area contributed by atoms with Gasteiger partial charge in [-0.25, -0.2) is 0 Å². The first kappa shape index (κ1) is 16.3. The smallest absolute Gasteiger partial charge is 0.224 e. The van der Waals surface area contributed by atoms with Crippen molar-refractivity contribution in [1.82, 2.24) is 30.3 Å². The first-order valence-corrected chi connectivity index (χ1v) is 8.11. The first-order valence-electron chi connectivity index (χ1n) is 8.11. The second-order valence-electron chi connectivity index (χ2n) is 6.06. The van der Waals surface area contributed by atoms with Crippen molar-refractivity contribution in [2.75, 3.05) is 45.9 Å². The number of nitrogens with zero attached hydrogens (tertiary/aromatic N) is 5. The molecule has 2 fully saturated rings. The molecular formula is C14H24N6O3. The van der Waals surface area contributed by atoms with Gasteiger partial charge in [0.1, 0.15) is 0 Å². The topological polar surface area (TPSA) is 97.8 Å². The lowest BCUT2D eigenvalue weighted by atomic mass is 10.3.